The summed E-state index contributed by atoms with van der Waals surface area (Å²) in [6.07, 6.45) is 6.19. The molecule has 0 aliphatic heterocycles. The highest BCUT2D eigenvalue weighted by Crippen LogP contribution is 2.36. The van der Waals surface area contributed by atoms with E-state index in [0.717, 1.165) is 38.5 Å². The van der Waals surface area contributed by atoms with E-state index >= 15 is 0 Å². The molecule has 1 saturated carbocycles. The van der Waals surface area contributed by atoms with Gasteiger partial charge in [-0.25, -0.2) is 0 Å². The van der Waals surface area contributed by atoms with E-state index in [2.05, 4.69) is 6.92 Å². The number of ether oxygens (including phenoxy) is 1. The molecule has 1 unspecified atom stereocenters. The fraction of sp³-hybridized carbons (Fsp3) is 0.917. The van der Waals surface area contributed by atoms with Gasteiger partial charge < -0.3 is 4.74 Å². The number of hydrogen-bond donors (Lipinski definition) is 0. The van der Waals surface area contributed by atoms with Crippen molar-refractivity contribution in [2.24, 2.45) is 5.92 Å². The summed E-state index contributed by atoms with van der Waals surface area (Å²) in [5.74, 6) is 0.498. The average molecular weight is 198 g/mol. The Kier molecular flexibility index (Phi) is 4.11. The molecule has 0 heterocycles. The number of ketones is 1. The molecule has 0 spiro atoms. The molecule has 0 aromatic heterocycles. The highest BCUT2D eigenvalue weighted by molar-refractivity contribution is 5.89. The topological polar surface area (TPSA) is 26.3 Å². The van der Waals surface area contributed by atoms with Crippen molar-refractivity contribution in [2.75, 3.05) is 7.11 Å². The first-order valence-corrected chi connectivity index (χ1v) is 5.75. The second-order valence-electron chi connectivity index (χ2n) is 4.46. The van der Waals surface area contributed by atoms with Gasteiger partial charge in [0.1, 0.15) is 5.60 Å². The van der Waals surface area contributed by atoms with E-state index in [1.165, 1.54) is 0 Å². The monoisotopic (exact) mass is 198 g/mol. The predicted octanol–water partition coefficient (Wildman–Crippen LogP) is 2.95. The van der Waals surface area contributed by atoms with Gasteiger partial charge in [0.2, 0.25) is 0 Å². The summed E-state index contributed by atoms with van der Waals surface area (Å²) in [6, 6.07) is 0. The Morgan fingerprint density at radius 2 is 2.00 bits per heavy atom. The van der Waals surface area contributed by atoms with E-state index in [1.807, 2.05) is 6.92 Å². The maximum absolute atomic E-state index is 12.2. The highest BCUT2D eigenvalue weighted by Gasteiger charge is 2.42. The van der Waals surface area contributed by atoms with Crippen molar-refractivity contribution in [2.45, 2.75) is 58.0 Å². The van der Waals surface area contributed by atoms with Gasteiger partial charge in [0, 0.05) is 13.0 Å². The Balaban J connectivity index is 2.64. The molecular formula is C12H22O2. The number of rotatable bonds is 5. The summed E-state index contributed by atoms with van der Waals surface area (Å²) in [7, 11) is 1.68. The Hall–Kier alpha value is -0.370. The van der Waals surface area contributed by atoms with Gasteiger partial charge >= 0.3 is 0 Å². The molecular weight excluding hydrogens is 176 g/mol. The maximum atomic E-state index is 12.2. The molecule has 1 atom stereocenters. The van der Waals surface area contributed by atoms with Crippen LogP contribution in [0.1, 0.15) is 52.4 Å². The van der Waals surface area contributed by atoms with Gasteiger partial charge in [0.25, 0.3) is 0 Å². The quantitative estimate of drug-likeness (QED) is 0.679. The van der Waals surface area contributed by atoms with E-state index in [1.54, 1.807) is 7.11 Å². The van der Waals surface area contributed by atoms with Crippen LogP contribution in [-0.2, 0) is 9.53 Å². The third-order valence-corrected chi connectivity index (χ3v) is 3.42. The molecule has 1 aliphatic carbocycles. The van der Waals surface area contributed by atoms with Gasteiger partial charge in [-0.15, -0.1) is 0 Å². The van der Waals surface area contributed by atoms with Crippen molar-refractivity contribution in [1.82, 2.24) is 0 Å². The van der Waals surface area contributed by atoms with Gasteiger partial charge in [-0.1, -0.05) is 20.3 Å². The van der Waals surface area contributed by atoms with Crippen LogP contribution in [0.4, 0.5) is 0 Å². The summed E-state index contributed by atoms with van der Waals surface area (Å²) >= 11 is 0. The van der Waals surface area contributed by atoms with Crippen LogP contribution in [-0.4, -0.2) is 18.5 Å². The molecule has 14 heavy (non-hydrogen) atoms. The summed E-state index contributed by atoms with van der Waals surface area (Å²) < 4.78 is 5.48. The van der Waals surface area contributed by atoms with Crippen LogP contribution < -0.4 is 0 Å². The lowest BCUT2D eigenvalue weighted by Gasteiger charge is -2.28. The summed E-state index contributed by atoms with van der Waals surface area (Å²) in [4.78, 5) is 12.2. The first-order valence-electron chi connectivity index (χ1n) is 5.75. The highest BCUT2D eigenvalue weighted by atomic mass is 16.5. The molecule has 2 heteroatoms. The van der Waals surface area contributed by atoms with Crippen LogP contribution >= 0.6 is 0 Å². The summed E-state index contributed by atoms with van der Waals surface area (Å²) in [5.41, 5.74) is -0.422. The first kappa shape index (κ1) is 11.7. The van der Waals surface area contributed by atoms with E-state index in [9.17, 15) is 4.79 Å². The zero-order chi connectivity index (χ0) is 10.6. The molecule has 2 nitrogen and oxygen atoms in total. The Labute approximate surface area is 87.0 Å². The number of methoxy groups -OCH3 is 1. The lowest BCUT2D eigenvalue weighted by Crippen LogP contribution is -2.41. The van der Waals surface area contributed by atoms with E-state index in [0.29, 0.717) is 5.78 Å². The molecule has 1 aliphatic rings. The van der Waals surface area contributed by atoms with E-state index in [4.69, 9.17) is 4.74 Å². The second-order valence-corrected chi connectivity index (χ2v) is 4.46. The lowest BCUT2D eigenvalue weighted by molar-refractivity contribution is -0.144. The minimum atomic E-state index is -0.422. The fourth-order valence-corrected chi connectivity index (χ4v) is 2.51. The molecule has 1 rings (SSSR count). The summed E-state index contributed by atoms with van der Waals surface area (Å²) in [6.45, 7) is 4.16. The van der Waals surface area contributed by atoms with Crippen molar-refractivity contribution in [3.63, 3.8) is 0 Å². The molecule has 1 fully saturated rings. The van der Waals surface area contributed by atoms with Crippen molar-refractivity contribution < 1.29 is 9.53 Å². The zero-order valence-electron chi connectivity index (χ0n) is 9.64. The fourth-order valence-electron chi connectivity index (χ4n) is 2.51. The van der Waals surface area contributed by atoms with Crippen LogP contribution in [0, 0.1) is 5.92 Å². The number of hydrogen-bond acceptors (Lipinski definition) is 2. The molecule has 0 amide bonds. The van der Waals surface area contributed by atoms with Crippen LogP contribution in [0.25, 0.3) is 0 Å². The number of Topliss-reactive ketones (excluding diaryl/α,β-unsaturated/α-hetero) is 1. The molecule has 0 bridgehead atoms. The van der Waals surface area contributed by atoms with Gasteiger partial charge in [0.05, 0.1) is 0 Å². The lowest BCUT2D eigenvalue weighted by atomic mass is 9.86. The predicted molar refractivity (Wildman–Crippen MR) is 57.3 cm³/mol. The Morgan fingerprint density at radius 3 is 2.43 bits per heavy atom. The third kappa shape index (κ3) is 2.17. The Morgan fingerprint density at radius 1 is 1.43 bits per heavy atom. The Bertz CT molecular complexity index is 192. The van der Waals surface area contributed by atoms with Crippen molar-refractivity contribution in [3.05, 3.63) is 0 Å². The standard InChI is InChI=1S/C12H22O2/c1-4-7-10(2)11(13)12(14-3)8-5-6-9-12/h10H,4-9H2,1-3H3. The molecule has 82 valence electrons. The van der Waals surface area contributed by atoms with Crippen molar-refractivity contribution in [1.29, 1.82) is 0 Å². The van der Waals surface area contributed by atoms with Gasteiger partial charge in [-0.3, -0.25) is 4.79 Å². The number of carbonyl (C=O) groups excluding carboxylic acids is 1. The molecule has 0 aromatic rings. The van der Waals surface area contributed by atoms with Gasteiger partial charge in [0.15, 0.2) is 5.78 Å². The van der Waals surface area contributed by atoms with E-state index in [-0.39, 0.29) is 5.92 Å². The van der Waals surface area contributed by atoms with Crippen molar-refractivity contribution >= 4 is 5.78 Å². The van der Waals surface area contributed by atoms with Gasteiger partial charge in [-0.05, 0) is 32.1 Å². The molecule has 0 saturated heterocycles. The smallest absolute Gasteiger partial charge is 0.167 e. The first-order chi connectivity index (χ1) is 6.66. The molecule has 0 aromatic carbocycles. The minimum absolute atomic E-state index is 0.165. The van der Waals surface area contributed by atoms with Crippen LogP contribution in [0.2, 0.25) is 0 Å². The van der Waals surface area contributed by atoms with Crippen LogP contribution in [0.3, 0.4) is 0 Å². The van der Waals surface area contributed by atoms with Crippen molar-refractivity contribution in [3.8, 4) is 0 Å². The van der Waals surface area contributed by atoms with E-state index < -0.39 is 5.60 Å². The SMILES string of the molecule is CCCC(C)C(=O)C1(OC)CCCC1. The van der Waals surface area contributed by atoms with Crippen LogP contribution in [0.5, 0.6) is 0 Å². The summed E-state index contributed by atoms with van der Waals surface area (Å²) in [5, 5.41) is 0. The third-order valence-electron chi connectivity index (χ3n) is 3.42. The molecule has 0 N–H and O–H groups in total. The molecule has 0 radical (unpaired) electrons. The largest absolute Gasteiger partial charge is 0.370 e. The average Bonchev–Trinajstić information content (AvgIpc) is 2.66. The number of carbonyl (C=O) groups is 1. The second kappa shape index (κ2) is 4.92. The van der Waals surface area contributed by atoms with Gasteiger partial charge in [-0.2, -0.15) is 0 Å². The van der Waals surface area contributed by atoms with Crippen LogP contribution in [0.15, 0.2) is 0 Å². The zero-order valence-corrected chi connectivity index (χ0v) is 9.64. The normalized spacial score (nSPS) is 22.2. The minimum Gasteiger partial charge on any atom is -0.370 e. The maximum Gasteiger partial charge on any atom is 0.167 e.